The van der Waals surface area contributed by atoms with Crippen LogP contribution in [0, 0.1) is 11.7 Å². The summed E-state index contributed by atoms with van der Waals surface area (Å²) in [7, 11) is -7.00. The average molecular weight is 445 g/mol. The van der Waals surface area contributed by atoms with Gasteiger partial charge in [-0.25, -0.2) is 21.2 Å². The van der Waals surface area contributed by atoms with E-state index in [0.29, 0.717) is 19.3 Å². The molecule has 2 aliphatic rings. The van der Waals surface area contributed by atoms with Gasteiger partial charge in [0.15, 0.2) is 9.84 Å². The maximum atomic E-state index is 13.2. The van der Waals surface area contributed by atoms with Crippen LogP contribution in [-0.4, -0.2) is 69.1 Å². The Morgan fingerprint density at radius 1 is 1.28 bits per heavy atom. The minimum atomic E-state index is -3.84. The van der Waals surface area contributed by atoms with Gasteiger partial charge in [-0.05, 0) is 43.5 Å². The van der Waals surface area contributed by atoms with Crippen molar-refractivity contribution in [1.82, 2.24) is 9.21 Å². The van der Waals surface area contributed by atoms with Crippen LogP contribution in [0.25, 0.3) is 0 Å². The summed E-state index contributed by atoms with van der Waals surface area (Å²) in [6.07, 6.45) is 2.98. The largest absolute Gasteiger partial charge is 0.335 e. The number of sulfone groups is 1. The van der Waals surface area contributed by atoms with Crippen LogP contribution in [0.1, 0.15) is 19.3 Å². The molecule has 0 aromatic heterocycles. The van der Waals surface area contributed by atoms with Gasteiger partial charge in [0.1, 0.15) is 5.82 Å². The number of piperidine rings is 1. The maximum Gasteiger partial charge on any atom is 0.243 e. The minimum absolute atomic E-state index is 0.0168. The molecule has 0 N–H and O–H groups in total. The Morgan fingerprint density at radius 2 is 1.97 bits per heavy atom. The first-order valence-corrected chi connectivity index (χ1v) is 12.8. The molecule has 0 spiro atoms. The summed E-state index contributed by atoms with van der Waals surface area (Å²) in [6, 6.07) is 4.19. The predicted octanol–water partition coefficient (Wildman–Crippen LogP) is 1.43. The molecule has 1 amide bonds. The second kappa shape index (κ2) is 8.53. The lowest BCUT2D eigenvalue weighted by molar-refractivity contribution is -0.138. The summed E-state index contributed by atoms with van der Waals surface area (Å²) in [5.74, 6) is -1.35. The van der Waals surface area contributed by atoms with Crippen molar-refractivity contribution in [3.63, 3.8) is 0 Å². The van der Waals surface area contributed by atoms with Gasteiger partial charge in [0.25, 0.3) is 0 Å². The van der Waals surface area contributed by atoms with Gasteiger partial charge in [0.2, 0.25) is 15.9 Å². The molecule has 0 saturated carbocycles. The highest BCUT2D eigenvalue weighted by atomic mass is 32.2. The zero-order chi connectivity index (χ0) is 21.2. The van der Waals surface area contributed by atoms with Crippen LogP contribution in [0.5, 0.6) is 0 Å². The molecule has 2 atom stereocenters. The van der Waals surface area contributed by atoms with Gasteiger partial charge >= 0.3 is 0 Å². The van der Waals surface area contributed by atoms with Crippen molar-refractivity contribution < 1.29 is 26.0 Å². The third-order valence-electron chi connectivity index (χ3n) is 5.44. The molecule has 160 valence electrons. The van der Waals surface area contributed by atoms with E-state index in [0.717, 1.165) is 12.1 Å². The number of carbonyl (C=O) groups excluding carboxylic acids is 1. The molecule has 2 heterocycles. The lowest BCUT2D eigenvalue weighted by atomic mass is 9.97. The fourth-order valence-electron chi connectivity index (χ4n) is 3.93. The summed E-state index contributed by atoms with van der Waals surface area (Å²) < 4.78 is 63.8. The third-order valence-corrected chi connectivity index (χ3v) is 9.07. The van der Waals surface area contributed by atoms with Gasteiger partial charge in [0.05, 0.1) is 22.3 Å². The average Bonchev–Trinajstić information content (AvgIpc) is 3.05. The maximum absolute atomic E-state index is 13.2. The van der Waals surface area contributed by atoms with E-state index >= 15 is 0 Å². The number of benzene rings is 1. The van der Waals surface area contributed by atoms with E-state index in [-0.39, 0.29) is 41.9 Å². The van der Waals surface area contributed by atoms with E-state index in [2.05, 4.69) is 6.58 Å². The zero-order valence-electron chi connectivity index (χ0n) is 16.0. The molecular weight excluding hydrogens is 419 g/mol. The number of amides is 1. The van der Waals surface area contributed by atoms with Crippen LogP contribution >= 0.6 is 0 Å². The van der Waals surface area contributed by atoms with Gasteiger partial charge in [-0.3, -0.25) is 4.79 Å². The molecule has 0 aliphatic carbocycles. The van der Waals surface area contributed by atoms with Crippen LogP contribution in [0.3, 0.4) is 0 Å². The summed E-state index contributed by atoms with van der Waals surface area (Å²) in [4.78, 5) is 14.7. The molecule has 0 unspecified atom stereocenters. The van der Waals surface area contributed by atoms with Crippen molar-refractivity contribution in [2.75, 3.05) is 31.1 Å². The minimum Gasteiger partial charge on any atom is -0.335 e. The first-order valence-electron chi connectivity index (χ1n) is 9.51. The van der Waals surface area contributed by atoms with E-state index in [1.165, 1.54) is 21.3 Å². The number of hydrogen-bond donors (Lipinski definition) is 0. The Balaban J connectivity index is 1.77. The smallest absolute Gasteiger partial charge is 0.243 e. The monoisotopic (exact) mass is 444 g/mol. The molecule has 0 bridgehead atoms. The Bertz CT molecular complexity index is 976. The fourth-order valence-corrected chi connectivity index (χ4v) is 7.19. The second-order valence-corrected chi connectivity index (χ2v) is 11.7. The van der Waals surface area contributed by atoms with E-state index < -0.39 is 37.6 Å². The summed E-state index contributed by atoms with van der Waals surface area (Å²) in [5, 5.41) is 0. The number of rotatable bonds is 6. The highest BCUT2D eigenvalue weighted by Crippen LogP contribution is 2.27. The third kappa shape index (κ3) is 4.87. The first kappa shape index (κ1) is 21.9. The van der Waals surface area contributed by atoms with Crippen molar-refractivity contribution in [3.8, 4) is 0 Å². The number of carbonyl (C=O) groups is 1. The van der Waals surface area contributed by atoms with Crippen LogP contribution < -0.4 is 0 Å². The molecule has 1 aromatic rings. The van der Waals surface area contributed by atoms with Gasteiger partial charge in [-0.2, -0.15) is 4.31 Å². The van der Waals surface area contributed by atoms with E-state index in [1.807, 2.05) is 0 Å². The van der Waals surface area contributed by atoms with Crippen LogP contribution in [0.4, 0.5) is 4.39 Å². The Morgan fingerprint density at radius 3 is 2.55 bits per heavy atom. The zero-order valence-corrected chi connectivity index (χ0v) is 17.7. The fraction of sp³-hybridized carbons (Fsp3) is 0.526. The molecule has 1 aromatic carbocycles. The van der Waals surface area contributed by atoms with Crippen LogP contribution in [-0.2, 0) is 24.7 Å². The molecule has 29 heavy (non-hydrogen) atoms. The molecule has 2 aliphatic heterocycles. The van der Waals surface area contributed by atoms with Crippen molar-refractivity contribution >= 4 is 25.8 Å². The number of sulfonamides is 1. The second-order valence-electron chi connectivity index (χ2n) is 7.49. The summed E-state index contributed by atoms with van der Waals surface area (Å²) in [5.41, 5.74) is 0. The van der Waals surface area contributed by atoms with Crippen molar-refractivity contribution in [2.24, 2.45) is 5.92 Å². The topological polar surface area (TPSA) is 91.8 Å². The molecule has 10 heteroatoms. The molecule has 2 saturated heterocycles. The van der Waals surface area contributed by atoms with Crippen molar-refractivity contribution in [2.45, 2.75) is 30.2 Å². The predicted molar refractivity (Wildman–Crippen MR) is 107 cm³/mol. The number of halogens is 1. The summed E-state index contributed by atoms with van der Waals surface area (Å²) in [6.45, 7) is 4.18. The highest BCUT2D eigenvalue weighted by Gasteiger charge is 2.39. The van der Waals surface area contributed by atoms with E-state index in [1.54, 1.807) is 6.08 Å². The Kier molecular flexibility index (Phi) is 6.45. The van der Waals surface area contributed by atoms with Gasteiger partial charge in [0, 0.05) is 25.7 Å². The Labute approximate surface area is 171 Å². The van der Waals surface area contributed by atoms with E-state index in [9.17, 15) is 26.0 Å². The molecule has 2 fully saturated rings. The first-order chi connectivity index (χ1) is 13.6. The standard InChI is InChI=1S/C19H25FN2O5S2/c1-2-10-22(17-9-12-28(24,25)14-17)19(23)15-4-3-11-21(13-15)29(26,27)18-7-5-16(20)6-8-18/h2,5-8,15,17H,1,3-4,9-14H2/t15-,17-/m0/s1. The molecule has 0 radical (unpaired) electrons. The molecule has 3 rings (SSSR count). The normalized spacial score (nSPS) is 24.9. The van der Waals surface area contributed by atoms with Crippen molar-refractivity contribution in [3.05, 3.63) is 42.7 Å². The van der Waals surface area contributed by atoms with Gasteiger partial charge in [-0.1, -0.05) is 6.08 Å². The quantitative estimate of drug-likeness (QED) is 0.619. The molecule has 7 nitrogen and oxygen atoms in total. The van der Waals surface area contributed by atoms with Crippen molar-refractivity contribution in [1.29, 1.82) is 0 Å². The van der Waals surface area contributed by atoms with Crippen LogP contribution in [0.2, 0.25) is 0 Å². The van der Waals surface area contributed by atoms with Gasteiger partial charge in [-0.15, -0.1) is 6.58 Å². The van der Waals surface area contributed by atoms with Crippen LogP contribution in [0.15, 0.2) is 41.8 Å². The summed E-state index contributed by atoms with van der Waals surface area (Å²) >= 11 is 0. The lowest BCUT2D eigenvalue weighted by Gasteiger charge is -2.36. The number of nitrogens with zero attached hydrogens (tertiary/aromatic N) is 2. The number of hydrogen-bond acceptors (Lipinski definition) is 5. The SMILES string of the molecule is C=CCN(C(=O)[C@H]1CCCN(S(=O)(=O)c2ccc(F)cc2)C1)[C@H]1CCS(=O)(=O)C1. The van der Waals surface area contributed by atoms with Gasteiger partial charge < -0.3 is 4.90 Å². The lowest BCUT2D eigenvalue weighted by Crippen LogP contribution is -2.50. The highest BCUT2D eigenvalue weighted by molar-refractivity contribution is 7.91. The van der Waals surface area contributed by atoms with E-state index in [4.69, 9.17) is 0 Å². The molecular formula is C19H25FN2O5S2. The Hall–Kier alpha value is -1.78.